The fourth-order valence-corrected chi connectivity index (χ4v) is 2.95. The van der Waals surface area contributed by atoms with Crippen LogP contribution in [0.2, 0.25) is 0 Å². The van der Waals surface area contributed by atoms with Crippen molar-refractivity contribution in [2.75, 3.05) is 0 Å². The third-order valence-electron chi connectivity index (χ3n) is 3.93. The van der Waals surface area contributed by atoms with Gasteiger partial charge in [-0.1, -0.05) is 6.07 Å². The number of hydrogen-bond donors (Lipinski definition) is 1. The van der Waals surface area contributed by atoms with Gasteiger partial charge in [0.05, 0.1) is 11.6 Å². The lowest BCUT2D eigenvalue weighted by Gasteiger charge is -2.15. The number of nitriles is 1. The lowest BCUT2D eigenvalue weighted by Crippen LogP contribution is -2.29. The minimum atomic E-state index is -5.11. The van der Waals surface area contributed by atoms with Crippen molar-refractivity contribution in [2.45, 2.75) is 18.7 Å². The highest BCUT2D eigenvalue weighted by Gasteiger charge is 2.27. The topological polar surface area (TPSA) is 140 Å². The molecule has 13 heteroatoms. The smallest absolute Gasteiger partial charge is 0.372 e. The number of halogens is 2. The molecule has 0 bridgehead atoms. The van der Waals surface area contributed by atoms with Crippen molar-refractivity contribution < 1.29 is 26.2 Å². The minimum Gasteiger partial charge on any atom is -0.378 e. The highest BCUT2D eigenvalue weighted by atomic mass is 32.2. The summed E-state index contributed by atoms with van der Waals surface area (Å²) in [6, 6.07) is 9.21. The van der Waals surface area contributed by atoms with Gasteiger partial charge in [-0.15, -0.1) is 0 Å². The van der Waals surface area contributed by atoms with Crippen LogP contribution in [0.5, 0.6) is 5.75 Å². The maximum Gasteiger partial charge on any atom is 0.372 e. The average molecular weight is 448 g/mol. The van der Waals surface area contributed by atoms with E-state index in [1.165, 1.54) is 29.3 Å². The Balaban J connectivity index is 1.77. The van der Waals surface area contributed by atoms with Crippen molar-refractivity contribution >= 4 is 16.0 Å². The monoisotopic (exact) mass is 448 g/mol. The minimum absolute atomic E-state index is 0.0172. The van der Waals surface area contributed by atoms with Crippen LogP contribution in [-0.4, -0.2) is 39.8 Å². The van der Waals surface area contributed by atoms with Gasteiger partial charge < -0.3 is 9.50 Å². The first-order valence-electron chi connectivity index (χ1n) is 8.60. The molecule has 1 amide bonds. The van der Waals surface area contributed by atoms with Gasteiger partial charge in [-0.3, -0.25) is 4.79 Å². The molecule has 3 rings (SSSR count). The van der Waals surface area contributed by atoms with Crippen LogP contribution >= 0.6 is 0 Å². The zero-order valence-corrected chi connectivity index (χ0v) is 16.6. The van der Waals surface area contributed by atoms with Crippen LogP contribution in [0.4, 0.5) is 8.78 Å². The predicted molar refractivity (Wildman–Crippen MR) is 102 cm³/mol. The van der Waals surface area contributed by atoms with Crippen molar-refractivity contribution in [2.24, 2.45) is 0 Å². The zero-order valence-electron chi connectivity index (χ0n) is 15.8. The molecule has 31 heavy (non-hydrogen) atoms. The lowest BCUT2D eigenvalue weighted by molar-refractivity contribution is 0.0937. The second kappa shape index (κ2) is 8.84. The van der Waals surface area contributed by atoms with Crippen molar-refractivity contribution in [3.05, 3.63) is 65.9 Å². The van der Waals surface area contributed by atoms with Gasteiger partial charge in [0.1, 0.15) is 18.1 Å². The molecule has 1 N–H and O–H groups in total. The number of aromatic nitrogens is 4. The summed E-state index contributed by atoms with van der Waals surface area (Å²) in [7, 11) is -5.11. The van der Waals surface area contributed by atoms with E-state index >= 15 is 0 Å². The van der Waals surface area contributed by atoms with E-state index in [4.69, 9.17) is 5.26 Å². The van der Waals surface area contributed by atoms with Gasteiger partial charge in [0.15, 0.2) is 11.6 Å². The van der Waals surface area contributed by atoms with Gasteiger partial charge in [0.25, 0.3) is 5.91 Å². The Labute approximate surface area is 175 Å². The number of amides is 1. The number of nitrogens with one attached hydrogen (secondary N) is 1. The summed E-state index contributed by atoms with van der Waals surface area (Å²) < 4.78 is 53.1. The molecule has 0 aliphatic carbocycles. The molecule has 0 radical (unpaired) electrons. The summed E-state index contributed by atoms with van der Waals surface area (Å²) in [4.78, 5) is 20.8. The van der Waals surface area contributed by atoms with E-state index in [1.807, 2.05) is 6.07 Å². The van der Waals surface area contributed by atoms with Crippen LogP contribution in [-0.2, 0) is 10.1 Å². The van der Waals surface area contributed by atoms with Crippen LogP contribution < -0.4 is 9.50 Å². The van der Waals surface area contributed by atoms with Gasteiger partial charge in [-0.05, 0) is 37.3 Å². The van der Waals surface area contributed by atoms with Crippen molar-refractivity contribution in [3.63, 3.8) is 0 Å². The predicted octanol–water partition coefficient (Wildman–Crippen LogP) is 1.96. The molecule has 0 spiro atoms. The molecule has 0 aliphatic heterocycles. The van der Waals surface area contributed by atoms with Crippen molar-refractivity contribution in [3.8, 4) is 17.6 Å². The van der Waals surface area contributed by atoms with Gasteiger partial charge in [0, 0.05) is 11.8 Å². The number of hydrogen-bond acceptors (Lipinski definition) is 8. The molecule has 1 unspecified atom stereocenters. The second-order valence-corrected chi connectivity index (χ2v) is 7.62. The molecule has 10 nitrogen and oxygen atoms in total. The Hall–Kier alpha value is -3.92. The number of rotatable bonds is 7. The van der Waals surface area contributed by atoms with Gasteiger partial charge in [0.2, 0.25) is 0 Å². The Morgan fingerprint density at radius 2 is 2.03 bits per heavy atom. The number of carbonyl (C=O) groups is 1. The third-order valence-corrected chi connectivity index (χ3v) is 4.79. The largest absolute Gasteiger partial charge is 0.378 e. The zero-order chi connectivity index (χ0) is 22.6. The summed E-state index contributed by atoms with van der Waals surface area (Å²) in [6.07, 6.45) is 2.63. The number of pyridine rings is 1. The van der Waals surface area contributed by atoms with Crippen molar-refractivity contribution in [1.82, 2.24) is 25.1 Å². The van der Waals surface area contributed by atoms with E-state index in [9.17, 15) is 22.0 Å². The highest BCUT2D eigenvalue weighted by Crippen LogP contribution is 2.20. The molecule has 2 aromatic heterocycles. The summed E-state index contributed by atoms with van der Waals surface area (Å²) >= 11 is 0. The van der Waals surface area contributed by atoms with Crippen LogP contribution in [0.25, 0.3) is 5.82 Å². The first-order valence-corrected chi connectivity index (χ1v) is 10.1. The molecule has 160 valence electrons. The van der Waals surface area contributed by atoms with E-state index in [0.29, 0.717) is 17.2 Å². The van der Waals surface area contributed by atoms with E-state index < -0.39 is 33.6 Å². The first-order chi connectivity index (χ1) is 14.7. The molecule has 0 aliphatic rings. The Bertz CT molecular complexity index is 1240. The third kappa shape index (κ3) is 4.98. The summed E-state index contributed by atoms with van der Waals surface area (Å²) in [5, 5.41) is 15.6. The molecule has 0 fully saturated rings. The molecule has 3 aromatic rings. The van der Waals surface area contributed by atoms with E-state index in [0.717, 1.165) is 12.1 Å². The highest BCUT2D eigenvalue weighted by molar-refractivity contribution is 7.87. The first kappa shape index (κ1) is 21.8. The van der Waals surface area contributed by atoms with Crippen LogP contribution in [0, 0.1) is 11.3 Å². The van der Waals surface area contributed by atoms with E-state index in [-0.39, 0.29) is 5.56 Å². The van der Waals surface area contributed by atoms with Gasteiger partial charge >= 0.3 is 15.9 Å². The van der Waals surface area contributed by atoms with Gasteiger partial charge in [-0.2, -0.15) is 32.2 Å². The normalized spacial score (nSPS) is 12.2. The Morgan fingerprint density at radius 1 is 1.26 bits per heavy atom. The van der Waals surface area contributed by atoms with Crippen LogP contribution in [0.1, 0.15) is 34.7 Å². The Kier molecular flexibility index (Phi) is 6.21. The SMILES string of the molecule is CC(NC(=O)c1cccc(OS(=O)(=O)C(F)F)c1)c1ncnn1-c1ccc(C#N)cn1. The maximum absolute atomic E-state index is 12.6. The molecular formula is C18H14F2N6O4S. The standard InChI is InChI=1S/C18H14F2N6O4S/c1-11(16-23-10-24-26(16)15-6-5-12(8-21)9-22-15)25-17(27)13-3-2-4-14(7-13)30-31(28,29)18(19)20/h2-7,9-11,18H,1H3,(H,25,27). The molecule has 2 heterocycles. The van der Waals surface area contributed by atoms with Gasteiger partial charge in [-0.25, -0.2) is 9.97 Å². The van der Waals surface area contributed by atoms with E-state index in [1.54, 1.807) is 19.1 Å². The summed E-state index contributed by atoms with van der Waals surface area (Å²) in [5.74, 6) is -4.06. The maximum atomic E-state index is 12.6. The molecule has 0 saturated heterocycles. The summed E-state index contributed by atoms with van der Waals surface area (Å²) in [5.41, 5.74) is 0.346. The van der Waals surface area contributed by atoms with Crippen LogP contribution in [0.3, 0.4) is 0 Å². The lowest BCUT2D eigenvalue weighted by atomic mass is 10.2. The molecule has 1 atom stereocenters. The quantitative estimate of drug-likeness (QED) is 0.541. The molecular weight excluding hydrogens is 434 g/mol. The summed E-state index contributed by atoms with van der Waals surface area (Å²) in [6.45, 7) is 1.63. The molecule has 0 saturated carbocycles. The Morgan fingerprint density at radius 3 is 2.68 bits per heavy atom. The number of nitrogens with zero attached hydrogens (tertiary/aromatic N) is 5. The number of benzene rings is 1. The average Bonchev–Trinajstić information content (AvgIpc) is 3.23. The van der Waals surface area contributed by atoms with Crippen molar-refractivity contribution in [1.29, 1.82) is 5.26 Å². The number of alkyl halides is 2. The fraction of sp³-hybridized carbons (Fsp3) is 0.167. The fourth-order valence-electron chi connectivity index (χ4n) is 2.50. The number of carbonyl (C=O) groups excluding carboxylic acids is 1. The van der Waals surface area contributed by atoms with E-state index in [2.05, 4.69) is 24.6 Å². The second-order valence-electron chi connectivity index (χ2n) is 6.11. The van der Waals surface area contributed by atoms with Crippen LogP contribution in [0.15, 0.2) is 48.9 Å². The molecule has 1 aromatic carbocycles.